The highest BCUT2D eigenvalue weighted by Gasteiger charge is 2.51. The van der Waals surface area contributed by atoms with Crippen LogP contribution in [0.15, 0.2) is 0 Å². The van der Waals surface area contributed by atoms with Crippen molar-refractivity contribution in [2.24, 2.45) is 11.3 Å². The van der Waals surface area contributed by atoms with Crippen LogP contribution >= 0.6 is 0 Å². The first kappa shape index (κ1) is 4.80. The monoisotopic (exact) mass is 111 g/mol. The molecule has 8 heavy (non-hydrogen) atoms. The smallest absolute Gasteiger partial charge is 0.00109 e. The minimum absolute atomic E-state index is 0.792. The Labute approximate surface area is 50.5 Å². The molecule has 1 spiro atoms. The molecule has 1 aliphatic heterocycles. The van der Waals surface area contributed by atoms with E-state index in [9.17, 15) is 0 Å². The van der Waals surface area contributed by atoms with Gasteiger partial charge in [-0.15, -0.1) is 0 Å². The summed E-state index contributed by atoms with van der Waals surface area (Å²) in [6.07, 6.45) is 2.92. The number of nitrogens with one attached hydrogen (secondary N) is 1. The van der Waals surface area contributed by atoms with Gasteiger partial charge in [0, 0.05) is 6.54 Å². The molecule has 2 fully saturated rings. The molecule has 2 aliphatic rings. The lowest BCUT2D eigenvalue weighted by molar-refractivity contribution is 0.520. The first-order valence-electron chi connectivity index (χ1n) is 3.54. The van der Waals surface area contributed by atoms with Gasteiger partial charge in [-0.25, -0.2) is 0 Å². The van der Waals surface area contributed by atoms with Crippen LogP contribution in [0.3, 0.4) is 0 Å². The van der Waals surface area contributed by atoms with Gasteiger partial charge in [-0.3, -0.25) is 0 Å². The second-order valence-electron chi connectivity index (χ2n) is 3.39. The van der Waals surface area contributed by atoms with Crippen LogP contribution in [0.2, 0.25) is 0 Å². The first-order chi connectivity index (χ1) is 3.83. The van der Waals surface area contributed by atoms with Crippen molar-refractivity contribution in [3.63, 3.8) is 0 Å². The summed E-state index contributed by atoms with van der Waals surface area (Å²) in [6.45, 7) is 4.94. The molecule has 1 aliphatic carbocycles. The molecule has 0 amide bonds. The van der Waals surface area contributed by atoms with Gasteiger partial charge >= 0.3 is 0 Å². The van der Waals surface area contributed by atoms with Crippen LogP contribution in [-0.4, -0.2) is 13.1 Å². The Morgan fingerprint density at radius 1 is 1.62 bits per heavy atom. The molecule has 0 aromatic heterocycles. The molecule has 0 bridgehead atoms. The van der Waals surface area contributed by atoms with E-state index in [2.05, 4.69) is 12.2 Å². The lowest BCUT2D eigenvalue weighted by atomic mass is 10.0. The minimum atomic E-state index is 0.792. The number of hydrogen-bond donors (Lipinski definition) is 1. The van der Waals surface area contributed by atoms with Crippen molar-refractivity contribution < 1.29 is 0 Å². The fourth-order valence-corrected chi connectivity index (χ4v) is 1.91. The second-order valence-corrected chi connectivity index (χ2v) is 3.39. The summed E-state index contributed by atoms with van der Waals surface area (Å²) in [7, 11) is 0. The maximum Gasteiger partial charge on any atom is 0.00109 e. The molecule has 46 valence electrons. The third-order valence-corrected chi connectivity index (χ3v) is 2.87. The highest BCUT2D eigenvalue weighted by atomic mass is 14.9. The molecule has 1 saturated carbocycles. The van der Waals surface area contributed by atoms with Crippen LogP contribution in [0.25, 0.3) is 0 Å². The highest BCUT2D eigenvalue weighted by molar-refractivity contribution is 5.04. The fourth-order valence-electron chi connectivity index (χ4n) is 1.91. The average Bonchev–Trinajstić information content (AvgIpc) is 2.29. The minimum Gasteiger partial charge on any atom is -0.316 e. The Bertz CT molecular complexity index is 103. The second kappa shape index (κ2) is 1.27. The summed E-state index contributed by atoms with van der Waals surface area (Å²) in [5.74, 6) is 1.03. The van der Waals surface area contributed by atoms with E-state index in [1.165, 1.54) is 25.9 Å². The van der Waals surface area contributed by atoms with Crippen molar-refractivity contribution in [2.45, 2.75) is 19.8 Å². The molecule has 1 N–H and O–H groups in total. The van der Waals surface area contributed by atoms with E-state index < -0.39 is 0 Å². The van der Waals surface area contributed by atoms with Crippen LogP contribution in [0.1, 0.15) is 19.8 Å². The van der Waals surface area contributed by atoms with Crippen molar-refractivity contribution in [1.29, 1.82) is 0 Å². The normalized spacial score (nSPS) is 52.9. The van der Waals surface area contributed by atoms with Gasteiger partial charge in [-0.2, -0.15) is 0 Å². The Balaban J connectivity index is 2.06. The van der Waals surface area contributed by atoms with Crippen LogP contribution in [0.5, 0.6) is 0 Å². The molecule has 0 radical (unpaired) electrons. The topological polar surface area (TPSA) is 12.0 Å². The zero-order valence-corrected chi connectivity index (χ0v) is 5.41. The molecule has 2 atom stereocenters. The third kappa shape index (κ3) is 0.455. The Kier molecular flexibility index (Phi) is 0.762. The zero-order valence-electron chi connectivity index (χ0n) is 5.41. The summed E-state index contributed by atoms with van der Waals surface area (Å²) in [5, 5.41) is 3.41. The predicted octanol–water partition coefficient (Wildman–Crippen LogP) is 1.01. The van der Waals surface area contributed by atoms with Crippen LogP contribution in [0, 0.1) is 11.3 Å². The summed E-state index contributed by atoms with van der Waals surface area (Å²) in [5.41, 5.74) is 0.792. The summed E-state index contributed by atoms with van der Waals surface area (Å²) in [6, 6.07) is 0. The van der Waals surface area contributed by atoms with Gasteiger partial charge in [-0.05, 0) is 30.7 Å². The third-order valence-electron chi connectivity index (χ3n) is 2.87. The molecule has 0 aromatic carbocycles. The van der Waals surface area contributed by atoms with Crippen LogP contribution < -0.4 is 5.32 Å². The van der Waals surface area contributed by atoms with Crippen molar-refractivity contribution in [3.8, 4) is 0 Å². The standard InChI is InChI=1S/C7H13N/c1-6-4-7(6)2-3-8-5-7/h6,8H,2-5H2,1H3/t6-,7?/m1/s1. The molecule has 2 rings (SSSR count). The van der Waals surface area contributed by atoms with E-state index >= 15 is 0 Å². The molecule has 1 unspecified atom stereocenters. The van der Waals surface area contributed by atoms with Gasteiger partial charge in [0.2, 0.25) is 0 Å². The highest BCUT2D eigenvalue weighted by Crippen LogP contribution is 2.55. The molecular weight excluding hydrogens is 98.1 g/mol. The predicted molar refractivity (Wildman–Crippen MR) is 33.7 cm³/mol. The van der Waals surface area contributed by atoms with E-state index in [0.717, 1.165) is 11.3 Å². The maximum absolute atomic E-state index is 3.41. The van der Waals surface area contributed by atoms with Gasteiger partial charge in [0.15, 0.2) is 0 Å². The summed E-state index contributed by atoms with van der Waals surface area (Å²) in [4.78, 5) is 0. The van der Waals surface area contributed by atoms with Crippen molar-refractivity contribution >= 4 is 0 Å². The van der Waals surface area contributed by atoms with Gasteiger partial charge in [0.05, 0.1) is 0 Å². The fraction of sp³-hybridized carbons (Fsp3) is 1.00. The zero-order chi connectivity index (χ0) is 5.61. The van der Waals surface area contributed by atoms with Crippen LogP contribution in [0.4, 0.5) is 0 Å². The van der Waals surface area contributed by atoms with Crippen molar-refractivity contribution in [1.82, 2.24) is 5.32 Å². The van der Waals surface area contributed by atoms with Gasteiger partial charge in [0.1, 0.15) is 0 Å². The van der Waals surface area contributed by atoms with Crippen LogP contribution in [-0.2, 0) is 0 Å². The van der Waals surface area contributed by atoms with E-state index in [1.807, 2.05) is 0 Å². The Hall–Kier alpha value is -0.0400. The molecule has 1 saturated heterocycles. The average molecular weight is 111 g/mol. The summed E-state index contributed by atoms with van der Waals surface area (Å²) < 4.78 is 0. The van der Waals surface area contributed by atoms with E-state index in [1.54, 1.807) is 0 Å². The first-order valence-corrected chi connectivity index (χ1v) is 3.54. The van der Waals surface area contributed by atoms with Gasteiger partial charge in [0.25, 0.3) is 0 Å². The SMILES string of the molecule is C[C@@H]1CC12CCNC2. The molecule has 0 aromatic rings. The summed E-state index contributed by atoms with van der Waals surface area (Å²) >= 11 is 0. The molecular formula is C7H13N. The number of rotatable bonds is 0. The largest absolute Gasteiger partial charge is 0.316 e. The van der Waals surface area contributed by atoms with Crippen molar-refractivity contribution in [3.05, 3.63) is 0 Å². The number of hydrogen-bond acceptors (Lipinski definition) is 1. The van der Waals surface area contributed by atoms with E-state index in [-0.39, 0.29) is 0 Å². The van der Waals surface area contributed by atoms with E-state index in [4.69, 9.17) is 0 Å². The van der Waals surface area contributed by atoms with Gasteiger partial charge in [-0.1, -0.05) is 6.92 Å². The Morgan fingerprint density at radius 3 is 2.62 bits per heavy atom. The lowest BCUT2D eigenvalue weighted by Crippen LogP contribution is -2.10. The molecule has 1 heterocycles. The molecule has 1 heteroatoms. The van der Waals surface area contributed by atoms with Crippen molar-refractivity contribution in [2.75, 3.05) is 13.1 Å². The Morgan fingerprint density at radius 2 is 2.38 bits per heavy atom. The van der Waals surface area contributed by atoms with Gasteiger partial charge < -0.3 is 5.32 Å². The molecule has 1 nitrogen and oxygen atoms in total. The lowest BCUT2D eigenvalue weighted by Gasteiger charge is -2.00. The maximum atomic E-state index is 3.41. The van der Waals surface area contributed by atoms with E-state index in [0.29, 0.717) is 0 Å². The quantitative estimate of drug-likeness (QED) is 0.492.